The van der Waals surface area contributed by atoms with Crippen LogP contribution >= 0.6 is 22.7 Å². The molecular weight excluding hydrogens is 427 g/mol. The van der Waals surface area contributed by atoms with Gasteiger partial charge in [0.2, 0.25) is 0 Å². The number of hydrogen-bond acceptors (Lipinski definition) is 7. The molecule has 0 radical (unpaired) electrons. The number of thiazole rings is 1. The summed E-state index contributed by atoms with van der Waals surface area (Å²) in [5, 5.41) is 10.3. The van der Waals surface area contributed by atoms with Crippen molar-refractivity contribution in [3.63, 3.8) is 0 Å². The van der Waals surface area contributed by atoms with Crippen LogP contribution in [0.2, 0.25) is 0 Å². The van der Waals surface area contributed by atoms with E-state index in [-0.39, 0.29) is 24.1 Å². The van der Waals surface area contributed by atoms with E-state index in [0.29, 0.717) is 28.0 Å². The van der Waals surface area contributed by atoms with Gasteiger partial charge < -0.3 is 4.74 Å². The Hall–Kier alpha value is -3.11. The first-order chi connectivity index (χ1) is 14.4. The van der Waals surface area contributed by atoms with Gasteiger partial charge in [-0.2, -0.15) is 5.10 Å². The number of anilines is 1. The molecule has 10 heteroatoms. The van der Waals surface area contributed by atoms with Gasteiger partial charge in [0.1, 0.15) is 10.6 Å². The van der Waals surface area contributed by atoms with Crippen molar-refractivity contribution in [1.82, 2.24) is 14.8 Å². The molecule has 7 nitrogen and oxygen atoms in total. The summed E-state index contributed by atoms with van der Waals surface area (Å²) in [6.07, 6.45) is 0.0653. The number of carbonyl (C=O) groups excluding carboxylic acids is 2. The first-order valence-electron chi connectivity index (χ1n) is 9.11. The second-order valence-electron chi connectivity index (χ2n) is 6.38. The molecule has 3 heterocycles. The molecule has 1 aromatic carbocycles. The van der Waals surface area contributed by atoms with Gasteiger partial charge in [-0.1, -0.05) is 0 Å². The number of nitrogens with one attached hydrogen (secondary N) is 1. The lowest BCUT2D eigenvalue weighted by atomic mass is 10.3. The number of rotatable bonds is 6. The summed E-state index contributed by atoms with van der Waals surface area (Å²) >= 11 is 2.54. The summed E-state index contributed by atoms with van der Waals surface area (Å²) in [4.78, 5) is 29.8. The van der Waals surface area contributed by atoms with Crippen molar-refractivity contribution in [2.45, 2.75) is 20.3 Å². The predicted molar refractivity (Wildman–Crippen MR) is 114 cm³/mol. The SMILES string of the molecule is CCOC(=O)Cc1csc(NC(=O)c2cc3c(C)nn(-c4ccc(F)cc4)c3s2)n1. The normalized spacial score (nSPS) is 11.0. The van der Waals surface area contributed by atoms with Gasteiger partial charge in [-0.3, -0.25) is 14.9 Å². The third kappa shape index (κ3) is 4.10. The van der Waals surface area contributed by atoms with Crippen LogP contribution in [0.15, 0.2) is 35.7 Å². The largest absolute Gasteiger partial charge is 0.466 e. The summed E-state index contributed by atoms with van der Waals surface area (Å²) < 4.78 is 19.8. The molecule has 1 amide bonds. The monoisotopic (exact) mass is 444 g/mol. The molecule has 4 rings (SSSR count). The van der Waals surface area contributed by atoms with Crippen LogP contribution in [-0.4, -0.2) is 33.2 Å². The number of aryl methyl sites for hydroxylation is 1. The first kappa shape index (κ1) is 20.2. The van der Waals surface area contributed by atoms with Gasteiger partial charge in [0.15, 0.2) is 5.13 Å². The summed E-state index contributed by atoms with van der Waals surface area (Å²) in [6.45, 7) is 3.92. The molecule has 0 spiro atoms. The number of ether oxygens (including phenoxy) is 1. The van der Waals surface area contributed by atoms with Gasteiger partial charge in [-0.15, -0.1) is 22.7 Å². The van der Waals surface area contributed by atoms with E-state index in [9.17, 15) is 14.0 Å². The van der Waals surface area contributed by atoms with Crippen LogP contribution in [0.5, 0.6) is 0 Å². The maximum Gasteiger partial charge on any atom is 0.311 e. The summed E-state index contributed by atoms with van der Waals surface area (Å²) in [5.41, 5.74) is 2.04. The highest BCUT2D eigenvalue weighted by molar-refractivity contribution is 7.20. The zero-order chi connectivity index (χ0) is 21.3. The van der Waals surface area contributed by atoms with Crippen LogP contribution in [0.1, 0.15) is 28.0 Å². The number of fused-ring (bicyclic) bond motifs is 1. The van der Waals surface area contributed by atoms with Crippen molar-refractivity contribution in [3.05, 3.63) is 57.8 Å². The van der Waals surface area contributed by atoms with Crippen molar-refractivity contribution < 1.29 is 18.7 Å². The van der Waals surface area contributed by atoms with E-state index in [4.69, 9.17) is 4.74 Å². The third-order valence-electron chi connectivity index (χ3n) is 4.24. The number of carbonyl (C=O) groups is 2. The second-order valence-corrected chi connectivity index (χ2v) is 8.27. The van der Waals surface area contributed by atoms with Gasteiger partial charge >= 0.3 is 5.97 Å². The molecule has 0 saturated heterocycles. The fourth-order valence-corrected chi connectivity index (χ4v) is 4.66. The Bertz CT molecular complexity index is 1230. The van der Waals surface area contributed by atoms with Crippen molar-refractivity contribution in [1.29, 1.82) is 0 Å². The molecule has 1 N–H and O–H groups in total. The predicted octanol–water partition coefficient (Wildman–Crippen LogP) is 4.35. The standard InChI is InChI=1S/C20H17FN4O3S2/c1-3-28-17(26)8-13-10-29-20(22-13)23-18(27)16-9-15-11(2)24-25(19(15)30-16)14-6-4-12(21)5-7-14/h4-7,9-10H,3,8H2,1-2H3,(H,22,23,27). The second kappa shape index (κ2) is 8.33. The molecule has 0 bridgehead atoms. The van der Waals surface area contributed by atoms with Crippen LogP contribution in [0.4, 0.5) is 9.52 Å². The van der Waals surface area contributed by atoms with Crippen molar-refractivity contribution in [2.24, 2.45) is 0 Å². The van der Waals surface area contributed by atoms with E-state index >= 15 is 0 Å². The molecule has 4 aromatic rings. The van der Waals surface area contributed by atoms with E-state index in [1.54, 1.807) is 35.2 Å². The van der Waals surface area contributed by atoms with E-state index in [1.165, 1.54) is 34.8 Å². The minimum atomic E-state index is -0.356. The molecule has 0 saturated carbocycles. The topological polar surface area (TPSA) is 86.1 Å². The Morgan fingerprint density at radius 3 is 2.77 bits per heavy atom. The van der Waals surface area contributed by atoms with E-state index < -0.39 is 0 Å². The third-order valence-corrected chi connectivity index (χ3v) is 6.16. The fourth-order valence-electron chi connectivity index (χ4n) is 2.88. The lowest BCUT2D eigenvalue weighted by Gasteiger charge is -2.02. The van der Waals surface area contributed by atoms with Gasteiger partial charge in [-0.05, 0) is 44.2 Å². The molecule has 0 aliphatic rings. The number of thiophene rings is 1. The smallest absolute Gasteiger partial charge is 0.311 e. The van der Waals surface area contributed by atoms with Gasteiger partial charge in [0.05, 0.1) is 35.0 Å². The van der Waals surface area contributed by atoms with E-state index in [0.717, 1.165) is 15.9 Å². The molecule has 0 fully saturated rings. The van der Waals surface area contributed by atoms with Crippen LogP contribution in [0.25, 0.3) is 15.9 Å². The Morgan fingerprint density at radius 1 is 1.27 bits per heavy atom. The van der Waals surface area contributed by atoms with Gasteiger partial charge in [0.25, 0.3) is 5.91 Å². The molecular formula is C20H17FN4O3S2. The van der Waals surface area contributed by atoms with E-state index in [1.807, 2.05) is 6.92 Å². The van der Waals surface area contributed by atoms with E-state index in [2.05, 4.69) is 15.4 Å². The maximum absolute atomic E-state index is 13.2. The minimum absolute atomic E-state index is 0.0653. The summed E-state index contributed by atoms with van der Waals surface area (Å²) in [5.74, 6) is -0.972. The molecule has 0 aliphatic heterocycles. The minimum Gasteiger partial charge on any atom is -0.466 e. The average Bonchev–Trinajstić information content (AvgIpc) is 3.40. The molecule has 30 heavy (non-hydrogen) atoms. The Morgan fingerprint density at radius 2 is 2.03 bits per heavy atom. The zero-order valence-corrected chi connectivity index (χ0v) is 17.8. The van der Waals surface area contributed by atoms with Gasteiger partial charge in [0, 0.05) is 10.8 Å². The lowest BCUT2D eigenvalue weighted by molar-refractivity contribution is -0.142. The number of amides is 1. The zero-order valence-electron chi connectivity index (χ0n) is 16.1. The fraction of sp³-hybridized carbons (Fsp3) is 0.200. The lowest BCUT2D eigenvalue weighted by Crippen LogP contribution is -2.11. The molecule has 0 aliphatic carbocycles. The number of aromatic nitrogens is 3. The van der Waals surface area contributed by atoms with Crippen molar-refractivity contribution >= 4 is 49.9 Å². The number of benzene rings is 1. The highest BCUT2D eigenvalue weighted by Gasteiger charge is 2.18. The van der Waals surface area contributed by atoms with Crippen LogP contribution < -0.4 is 5.32 Å². The average molecular weight is 445 g/mol. The Labute approximate surface area is 179 Å². The van der Waals surface area contributed by atoms with Crippen LogP contribution in [0, 0.1) is 12.7 Å². The number of halogens is 1. The van der Waals surface area contributed by atoms with Crippen LogP contribution in [0.3, 0.4) is 0 Å². The highest BCUT2D eigenvalue weighted by Crippen LogP contribution is 2.31. The molecule has 154 valence electrons. The molecule has 0 unspecified atom stereocenters. The van der Waals surface area contributed by atoms with Crippen LogP contribution in [-0.2, 0) is 16.0 Å². The number of esters is 1. The first-order valence-corrected chi connectivity index (χ1v) is 10.8. The maximum atomic E-state index is 13.2. The number of hydrogen-bond donors (Lipinski definition) is 1. The molecule has 3 aromatic heterocycles. The summed E-state index contributed by atoms with van der Waals surface area (Å²) in [6, 6.07) is 7.80. The quantitative estimate of drug-likeness (QED) is 0.447. The van der Waals surface area contributed by atoms with Crippen molar-refractivity contribution in [2.75, 3.05) is 11.9 Å². The Kier molecular flexibility index (Phi) is 5.60. The summed E-state index contributed by atoms with van der Waals surface area (Å²) in [7, 11) is 0. The van der Waals surface area contributed by atoms with Gasteiger partial charge in [-0.25, -0.2) is 14.1 Å². The highest BCUT2D eigenvalue weighted by atomic mass is 32.1. The number of nitrogens with zero attached hydrogens (tertiary/aromatic N) is 3. The van der Waals surface area contributed by atoms with Crippen molar-refractivity contribution in [3.8, 4) is 5.69 Å². The Balaban J connectivity index is 1.54. The molecule has 0 atom stereocenters.